The third-order valence-electron chi connectivity index (χ3n) is 4.34. The van der Waals surface area contributed by atoms with Crippen molar-refractivity contribution in [2.24, 2.45) is 11.1 Å². The van der Waals surface area contributed by atoms with Crippen LogP contribution < -0.4 is 5.73 Å². The Balaban J connectivity index is 2.36. The zero-order chi connectivity index (χ0) is 15.6. The number of hydrogen-bond acceptors (Lipinski definition) is 3. The van der Waals surface area contributed by atoms with Crippen molar-refractivity contribution in [3.05, 3.63) is 29.2 Å². The zero-order valence-corrected chi connectivity index (χ0v) is 12.7. The van der Waals surface area contributed by atoms with Gasteiger partial charge in [0.1, 0.15) is 5.69 Å². The number of aromatic amines is 1. The molecule has 3 N–H and O–H groups in total. The molecule has 0 fully saturated rings. The number of carbonyl (C=O) groups is 2. The molecule has 1 amide bonds. The zero-order valence-electron chi connectivity index (χ0n) is 12.7. The van der Waals surface area contributed by atoms with Crippen molar-refractivity contribution in [1.29, 1.82) is 0 Å². The Kier molecular flexibility index (Phi) is 2.58. The fraction of sp³-hybridized carbons (Fsp3) is 0.438. The van der Waals surface area contributed by atoms with Crippen molar-refractivity contribution in [2.45, 2.75) is 39.5 Å². The summed E-state index contributed by atoms with van der Waals surface area (Å²) in [6.45, 7) is 8.19. The van der Waals surface area contributed by atoms with E-state index >= 15 is 0 Å². The Morgan fingerprint density at radius 1 is 1.29 bits per heavy atom. The maximum absolute atomic E-state index is 12.7. The summed E-state index contributed by atoms with van der Waals surface area (Å²) in [5.41, 5.74) is 7.32. The highest BCUT2D eigenvalue weighted by molar-refractivity contribution is 6.07. The maximum atomic E-state index is 12.7. The summed E-state index contributed by atoms with van der Waals surface area (Å²) in [5.74, 6) is -0.458. The van der Waals surface area contributed by atoms with Gasteiger partial charge in [0.05, 0.1) is 17.4 Å². The number of rotatable bonds is 1. The fourth-order valence-corrected chi connectivity index (χ4v) is 3.71. The van der Waals surface area contributed by atoms with E-state index in [1.54, 1.807) is 12.3 Å². The third kappa shape index (κ3) is 1.87. The number of ketones is 1. The largest absolute Gasteiger partial charge is 0.364 e. The molecule has 2 aromatic heterocycles. The number of Topliss-reactive ketones (excluding diaryl/α,β-unsaturated/α-hetero) is 1. The number of pyridine rings is 1. The van der Waals surface area contributed by atoms with Crippen LogP contribution in [0.5, 0.6) is 0 Å². The molecular formula is C16H19N3O2. The second-order valence-electron chi connectivity index (χ2n) is 7.13. The standard InChI is InChI=1S/C16H19N3O2/c1-15(2)7-16(3,4)13(20)12-11(15)8-5-9(14(17)21)18-6-10(8)19-12/h5-6,19H,7H2,1-4H3,(H2,17,21). The Morgan fingerprint density at radius 3 is 2.57 bits per heavy atom. The number of carbonyl (C=O) groups excluding carboxylic acids is 2. The van der Waals surface area contributed by atoms with Crippen LogP contribution in [0.2, 0.25) is 0 Å². The Labute approximate surface area is 122 Å². The summed E-state index contributed by atoms with van der Waals surface area (Å²) in [6, 6.07) is 1.68. The smallest absolute Gasteiger partial charge is 0.267 e. The fourth-order valence-electron chi connectivity index (χ4n) is 3.71. The molecule has 0 spiro atoms. The van der Waals surface area contributed by atoms with Crippen LogP contribution in [0.3, 0.4) is 0 Å². The predicted molar refractivity (Wildman–Crippen MR) is 80.4 cm³/mol. The van der Waals surface area contributed by atoms with Gasteiger partial charge in [-0.3, -0.25) is 9.59 Å². The van der Waals surface area contributed by atoms with Gasteiger partial charge < -0.3 is 10.7 Å². The van der Waals surface area contributed by atoms with E-state index in [4.69, 9.17) is 5.73 Å². The number of nitrogens with two attached hydrogens (primary N) is 1. The molecule has 0 bridgehead atoms. The van der Waals surface area contributed by atoms with E-state index in [1.165, 1.54) is 0 Å². The maximum Gasteiger partial charge on any atom is 0.267 e. The van der Waals surface area contributed by atoms with Crippen molar-refractivity contribution in [2.75, 3.05) is 0 Å². The lowest BCUT2D eigenvalue weighted by atomic mass is 9.63. The summed E-state index contributed by atoms with van der Waals surface area (Å²) >= 11 is 0. The van der Waals surface area contributed by atoms with Crippen LogP contribution >= 0.6 is 0 Å². The van der Waals surface area contributed by atoms with Crippen LogP contribution in [-0.4, -0.2) is 21.7 Å². The molecule has 110 valence electrons. The predicted octanol–water partition coefficient (Wildman–Crippen LogP) is 2.55. The topological polar surface area (TPSA) is 88.8 Å². The highest BCUT2D eigenvalue weighted by atomic mass is 16.1. The molecule has 21 heavy (non-hydrogen) atoms. The minimum atomic E-state index is -0.563. The number of amides is 1. The first-order chi connectivity index (χ1) is 9.63. The molecular weight excluding hydrogens is 266 g/mol. The summed E-state index contributed by atoms with van der Waals surface area (Å²) in [7, 11) is 0. The molecule has 0 saturated heterocycles. The van der Waals surface area contributed by atoms with Crippen molar-refractivity contribution < 1.29 is 9.59 Å². The van der Waals surface area contributed by atoms with Crippen LogP contribution in [0.25, 0.3) is 10.9 Å². The number of H-pyrrole nitrogens is 1. The molecule has 0 atom stereocenters. The van der Waals surface area contributed by atoms with E-state index in [-0.39, 0.29) is 16.9 Å². The van der Waals surface area contributed by atoms with Crippen LogP contribution in [0, 0.1) is 5.41 Å². The van der Waals surface area contributed by atoms with Crippen molar-refractivity contribution >= 4 is 22.6 Å². The number of primary amides is 1. The van der Waals surface area contributed by atoms with Gasteiger partial charge in [0.2, 0.25) is 0 Å². The van der Waals surface area contributed by atoms with E-state index in [1.807, 2.05) is 13.8 Å². The quantitative estimate of drug-likeness (QED) is 0.843. The average molecular weight is 285 g/mol. The number of aromatic nitrogens is 2. The summed E-state index contributed by atoms with van der Waals surface area (Å²) < 4.78 is 0. The van der Waals surface area contributed by atoms with Gasteiger partial charge in [0.15, 0.2) is 5.78 Å². The molecule has 2 aromatic rings. The number of fused-ring (bicyclic) bond motifs is 3. The number of nitrogens with one attached hydrogen (secondary N) is 1. The second-order valence-corrected chi connectivity index (χ2v) is 7.13. The number of hydrogen-bond donors (Lipinski definition) is 2. The lowest BCUT2D eigenvalue weighted by Crippen LogP contribution is -2.39. The van der Waals surface area contributed by atoms with E-state index in [2.05, 4.69) is 23.8 Å². The molecule has 2 heterocycles. The molecule has 1 aliphatic carbocycles. The van der Waals surface area contributed by atoms with Gasteiger partial charge in [0.25, 0.3) is 5.91 Å². The van der Waals surface area contributed by atoms with Crippen LogP contribution in [0.4, 0.5) is 0 Å². The Morgan fingerprint density at radius 2 is 1.95 bits per heavy atom. The molecule has 0 radical (unpaired) electrons. The first-order valence-corrected chi connectivity index (χ1v) is 7.00. The van der Waals surface area contributed by atoms with Crippen molar-refractivity contribution in [3.8, 4) is 0 Å². The molecule has 3 rings (SSSR count). The summed E-state index contributed by atoms with van der Waals surface area (Å²) in [5, 5.41) is 0.864. The first kappa shape index (κ1) is 13.8. The van der Waals surface area contributed by atoms with Gasteiger partial charge in [-0.2, -0.15) is 0 Å². The molecule has 5 heteroatoms. The SMILES string of the molecule is CC1(C)CC(C)(C)c2c([nH]c3cnc(C(N)=O)cc23)C1=O. The van der Waals surface area contributed by atoms with E-state index < -0.39 is 11.3 Å². The monoisotopic (exact) mass is 285 g/mol. The van der Waals surface area contributed by atoms with Crippen LogP contribution in [0.15, 0.2) is 12.3 Å². The minimum Gasteiger partial charge on any atom is -0.364 e. The van der Waals surface area contributed by atoms with Crippen molar-refractivity contribution in [3.63, 3.8) is 0 Å². The highest BCUT2D eigenvalue weighted by Gasteiger charge is 2.45. The third-order valence-corrected chi connectivity index (χ3v) is 4.34. The normalized spacial score (nSPS) is 19.5. The van der Waals surface area contributed by atoms with Crippen LogP contribution in [0.1, 0.15) is 60.7 Å². The molecule has 0 unspecified atom stereocenters. The minimum absolute atomic E-state index is 0.105. The average Bonchev–Trinajstić information content (AvgIpc) is 2.74. The second kappa shape index (κ2) is 3.93. The Bertz CT molecular complexity index is 784. The van der Waals surface area contributed by atoms with E-state index in [0.717, 1.165) is 22.9 Å². The molecule has 1 aliphatic rings. The van der Waals surface area contributed by atoms with Crippen molar-refractivity contribution in [1.82, 2.24) is 9.97 Å². The van der Waals surface area contributed by atoms with Gasteiger partial charge in [-0.25, -0.2) is 4.98 Å². The van der Waals surface area contributed by atoms with E-state index in [0.29, 0.717) is 5.69 Å². The van der Waals surface area contributed by atoms with Gasteiger partial charge in [-0.1, -0.05) is 27.7 Å². The first-order valence-electron chi connectivity index (χ1n) is 7.00. The van der Waals surface area contributed by atoms with Gasteiger partial charge in [0, 0.05) is 10.8 Å². The molecule has 0 aromatic carbocycles. The molecule has 5 nitrogen and oxygen atoms in total. The van der Waals surface area contributed by atoms with Gasteiger partial charge >= 0.3 is 0 Å². The van der Waals surface area contributed by atoms with Gasteiger partial charge in [-0.15, -0.1) is 0 Å². The Hall–Kier alpha value is -2.17. The molecule has 0 saturated carbocycles. The summed E-state index contributed by atoms with van der Waals surface area (Å²) in [4.78, 5) is 31.2. The van der Waals surface area contributed by atoms with E-state index in [9.17, 15) is 9.59 Å². The lowest BCUT2D eigenvalue weighted by molar-refractivity contribution is 0.0760. The van der Waals surface area contributed by atoms with Gasteiger partial charge in [-0.05, 0) is 23.5 Å². The van der Waals surface area contributed by atoms with Crippen LogP contribution in [-0.2, 0) is 5.41 Å². The summed E-state index contributed by atoms with van der Waals surface area (Å²) in [6.07, 6.45) is 2.33. The molecule has 0 aliphatic heterocycles. The highest BCUT2D eigenvalue weighted by Crippen LogP contribution is 2.47. The number of nitrogens with zero attached hydrogens (tertiary/aromatic N) is 1. The lowest BCUT2D eigenvalue weighted by Gasteiger charge is -2.39.